The van der Waals surface area contributed by atoms with Gasteiger partial charge in [-0.3, -0.25) is 4.79 Å². The van der Waals surface area contributed by atoms with Gasteiger partial charge in [-0.1, -0.05) is 17.2 Å². The zero-order chi connectivity index (χ0) is 20.5. The standard InChI is InChI=1S/C24H23N3O2/c1-15-7-8-27-14-21(25-23(27)12-15)18-5-6-22(29-4)20(13-18)26-24(28)19-10-16(2)9-17(3)11-19/h5-14H,1-4H3,(H,26,28). The number of rotatable bonds is 4. The summed E-state index contributed by atoms with van der Waals surface area (Å²) in [6, 6.07) is 15.6. The first-order valence-corrected chi connectivity index (χ1v) is 9.46. The second kappa shape index (κ2) is 7.43. The van der Waals surface area contributed by atoms with E-state index in [4.69, 9.17) is 9.72 Å². The lowest BCUT2D eigenvalue weighted by Gasteiger charge is -2.12. The van der Waals surface area contributed by atoms with Crippen LogP contribution in [0.5, 0.6) is 5.75 Å². The lowest BCUT2D eigenvalue weighted by atomic mass is 10.1. The summed E-state index contributed by atoms with van der Waals surface area (Å²) in [4.78, 5) is 17.5. The third-order valence-electron chi connectivity index (χ3n) is 4.84. The molecule has 2 aromatic carbocycles. The molecule has 2 aromatic heterocycles. The highest BCUT2D eigenvalue weighted by molar-refractivity contribution is 6.05. The van der Waals surface area contributed by atoms with Gasteiger partial charge in [0.2, 0.25) is 0 Å². The molecule has 0 saturated carbocycles. The Kier molecular flexibility index (Phi) is 4.80. The van der Waals surface area contributed by atoms with Crippen LogP contribution in [-0.2, 0) is 0 Å². The van der Waals surface area contributed by atoms with Gasteiger partial charge in [-0.05, 0) is 68.8 Å². The normalized spacial score (nSPS) is 10.9. The van der Waals surface area contributed by atoms with E-state index in [0.29, 0.717) is 17.0 Å². The number of nitrogens with one attached hydrogen (secondary N) is 1. The van der Waals surface area contributed by atoms with Crippen molar-refractivity contribution in [2.75, 3.05) is 12.4 Å². The first-order chi connectivity index (χ1) is 13.9. The topological polar surface area (TPSA) is 55.6 Å². The van der Waals surface area contributed by atoms with Gasteiger partial charge >= 0.3 is 0 Å². The summed E-state index contributed by atoms with van der Waals surface area (Å²) in [5.74, 6) is 0.434. The minimum Gasteiger partial charge on any atom is -0.495 e. The molecule has 0 fully saturated rings. The number of aryl methyl sites for hydroxylation is 3. The van der Waals surface area contributed by atoms with Gasteiger partial charge in [0.05, 0.1) is 18.5 Å². The third-order valence-corrected chi connectivity index (χ3v) is 4.84. The summed E-state index contributed by atoms with van der Waals surface area (Å²) < 4.78 is 7.44. The second-order valence-corrected chi connectivity index (χ2v) is 7.34. The minimum atomic E-state index is -0.169. The highest BCUT2D eigenvalue weighted by Crippen LogP contribution is 2.31. The summed E-state index contributed by atoms with van der Waals surface area (Å²) >= 11 is 0. The van der Waals surface area contributed by atoms with Crippen LogP contribution in [0.3, 0.4) is 0 Å². The number of nitrogens with zero attached hydrogens (tertiary/aromatic N) is 2. The van der Waals surface area contributed by atoms with Crippen LogP contribution in [0.1, 0.15) is 27.0 Å². The molecule has 0 radical (unpaired) electrons. The first-order valence-electron chi connectivity index (χ1n) is 9.46. The van der Waals surface area contributed by atoms with Crippen LogP contribution in [-0.4, -0.2) is 22.4 Å². The Labute approximate surface area is 170 Å². The molecule has 29 heavy (non-hydrogen) atoms. The molecule has 5 nitrogen and oxygen atoms in total. The van der Waals surface area contributed by atoms with Crippen molar-refractivity contribution in [1.29, 1.82) is 0 Å². The van der Waals surface area contributed by atoms with E-state index < -0.39 is 0 Å². The van der Waals surface area contributed by atoms with Crippen molar-refractivity contribution in [2.24, 2.45) is 0 Å². The molecule has 0 bridgehead atoms. The zero-order valence-corrected chi connectivity index (χ0v) is 17.0. The van der Waals surface area contributed by atoms with Crippen LogP contribution in [0.25, 0.3) is 16.9 Å². The first kappa shape index (κ1) is 18.7. The maximum atomic E-state index is 12.8. The van der Waals surface area contributed by atoms with E-state index in [1.165, 1.54) is 0 Å². The Balaban J connectivity index is 1.70. The maximum Gasteiger partial charge on any atom is 0.255 e. The minimum absolute atomic E-state index is 0.169. The second-order valence-electron chi connectivity index (χ2n) is 7.34. The molecular weight excluding hydrogens is 362 g/mol. The molecule has 4 rings (SSSR count). The highest BCUT2D eigenvalue weighted by atomic mass is 16.5. The fourth-order valence-electron chi connectivity index (χ4n) is 3.49. The summed E-state index contributed by atoms with van der Waals surface area (Å²) in [7, 11) is 1.59. The number of benzene rings is 2. The van der Waals surface area contributed by atoms with Gasteiger partial charge in [0.15, 0.2) is 0 Å². The molecule has 0 atom stereocenters. The number of imidazole rings is 1. The van der Waals surface area contributed by atoms with Crippen molar-refractivity contribution < 1.29 is 9.53 Å². The fourth-order valence-corrected chi connectivity index (χ4v) is 3.49. The zero-order valence-electron chi connectivity index (χ0n) is 17.0. The smallest absolute Gasteiger partial charge is 0.255 e. The van der Waals surface area contributed by atoms with Crippen molar-refractivity contribution in [2.45, 2.75) is 20.8 Å². The summed E-state index contributed by atoms with van der Waals surface area (Å²) in [6.45, 7) is 6.01. The maximum absolute atomic E-state index is 12.8. The molecule has 2 heterocycles. The predicted octanol–water partition coefficient (Wildman–Crippen LogP) is 5.19. The SMILES string of the molecule is COc1ccc(-c2cn3ccc(C)cc3n2)cc1NC(=O)c1cc(C)cc(C)c1. The summed E-state index contributed by atoms with van der Waals surface area (Å²) in [5.41, 5.74) is 7.12. The van der Waals surface area contributed by atoms with Crippen molar-refractivity contribution in [1.82, 2.24) is 9.38 Å². The number of hydrogen-bond donors (Lipinski definition) is 1. The Morgan fingerprint density at radius 1 is 0.966 bits per heavy atom. The highest BCUT2D eigenvalue weighted by Gasteiger charge is 2.13. The molecule has 0 unspecified atom stereocenters. The van der Waals surface area contributed by atoms with E-state index >= 15 is 0 Å². The van der Waals surface area contributed by atoms with Gasteiger partial charge in [0.25, 0.3) is 5.91 Å². The van der Waals surface area contributed by atoms with E-state index in [0.717, 1.165) is 33.6 Å². The predicted molar refractivity (Wildman–Crippen MR) is 116 cm³/mol. The third kappa shape index (κ3) is 3.85. The lowest BCUT2D eigenvalue weighted by molar-refractivity contribution is 0.102. The van der Waals surface area contributed by atoms with E-state index in [2.05, 4.69) is 5.32 Å². The molecule has 0 aliphatic carbocycles. The van der Waals surface area contributed by atoms with Crippen LogP contribution in [0.15, 0.2) is 60.9 Å². The molecular formula is C24H23N3O2. The quantitative estimate of drug-likeness (QED) is 0.526. The van der Waals surface area contributed by atoms with Gasteiger partial charge in [-0.15, -0.1) is 0 Å². The average molecular weight is 385 g/mol. The number of aromatic nitrogens is 2. The van der Waals surface area contributed by atoms with Gasteiger partial charge in [0, 0.05) is 23.5 Å². The number of ether oxygens (including phenoxy) is 1. The monoisotopic (exact) mass is 385 g/mol. The molecule has 146 valence electrons. The molecule has 1 N–H and O–H groups in total. The number of methoxy groups -OCH3 is 1. The molecule has 0 spiro atoms. The van der Waals surface area contributed by atoms with Crippen molar-refractivity contribution in [3.05, 3.63) is 83.2 Å². The van der Waals surface area contributed by atoms with Gasteiger partial charge < -0.3 is 14.5 Å². The number of carbonyl (C=O) groups is 1. The van der Waals surface area contributed by atoms with E-state index in [-0.39, 0.29) is 5.91 Å². The van der Waals surface area contributed by atoms with Crippen LogP contribution >= 0.6 is 0 Å². The molecule has 0 saturated heterocycles. The Hall–Kier alpha value is -3.60. The largest absolute Gasteiger partial charge is 0.495 e. The number of hydrogen-bond acceptors (Lipinski definition) is 3. The Morgan fingerprint density at radius 3 is 2.45 bits per heavy atom. The Bertz CT molecular complexity index is 1200. The van der Waals surface area contributed by atoms with Gasteiger partial charge in [-0.2, -0.15) is 0 Å². The van der Waals surface area contributed by atoms with Crippen LogP contribution < -0.4 is 10.1 Å². The number of amides is 1. The number of pyridine rings is 1. The Morgan fingerprint density at radius 2 is 1.72 bits per heavy atom. The van der Waals surface area contributed by atoms with Crippen LogP contribution in [0.2, 0.25) is 0 Å². The molecule has 0 aliphatic rings. The number of anilines is 1. The molecule has 0 aliphatic heterocycles. The molecule has 1 amide bonds. The lowest BCUT2D eigenvalue weighted by Crippen LogP contribution is -2.13. The molecule has 4 aromatic rings. The van der Waals surface area contributed by atoms with Crippen LogP contribution in [0.4, 0.5) is 5.69 Å². The van der Waals surface area contributed by atoms with E-state index in [1.807, 2.05) is 86.1 Å². The summed E-state index contributed by atoms with van der Waals surface area (Å²) in [6.07, 6.45) is 3.97. The van der Waals surface area contributed by atoms with Gasteiger partial charge in [-0.25, -0.2) is 4.98 Å². The van der Waals surface area contributed by atoms with Crippen molar-refractivity contribution in [3.8, 4) is 17.0 Å². The average Bonchev–Trinajstić information content (AvgIpc) is 3.10. The summed E-state index contributed by atoms with van der Waals surface area (Å²) in [5, 5.41) is 2.99. The van der Waals surface area contributed by atoms with E-state index in [9.17, 15) is 4.79 Å². The van der Waals surface area contributed by atoms with Gasteiger partial charge in [0.1, 0.15) is 11.4 Å². The number of carbonyl (C=O) groups excluding carboxylic acids is 1. The van der Waals surface area contributed by atoms with Crippen LogP contribution in [0, 0.1) is 20.8 Å². The van der Waals surface area contributed by atoms with Crippen molar-refractivity contribution in [3.63, 3.8) is 0 Å². The van der Waals surface area contributed by atoms with Crippen molar-refractivity contribution >= 4 is 17.2 Å². The van der Waals surface area contributed by atoms with E-state index in [1.54, 1.807) is 7.11 Å². The number of fused-ring (bicyclic) bond motifs is 1. The fraction of sp³-hybridized carbons (Fsp3) is 0.167. The molecule has 5 heteroatoms.